The first-order valence-corrected chi connectivity index (χ1v) is 4.94. The Bertz CT molecular complexity index is 354. The summed E-state index contributed by atoms with van der Waals surface area (Å²) in [5.41, 5.74) is 0. The van der Waals surface area contributed by atoms with E-state index < -0.39 is 23.7 Å². The van der Waals surface area contributed by atoms with Gasteiger partial charge in [0.1, 0.15) is 0 Å². The first-order valence-electron chi connectivity index (χ1n) is 4.94. The molecule has 6 heteroatoms. The summed E-state index contributed by atoms with van der Waals surface area (Å²) in [4.78, 5) is 48.8. The summed E-state index contributed by atoms with van der Waals surface area (Å²) >= 11 is 0. The van der Waals surface area contributed by atoms with Gasteiger partial charge in [0.05, 0.1) is 11.8 Å². The minimum atomic E-state index is -0.658. The van der Waals surface area contributed by atoms with Crippen molar-refractivity contribution >= 4 is 24.0 Å². The average Bonchev–Trinajstić information content (AvgIpc) is 2.30. The SMILES string of the molecule is O=C=NC(=O)C1CCCCC1C(=O)N=C=O. The molecule has 1 rings (SSSR count). The van der Waals surface area contributed by atoms with Crippen molar-refractivity contribution in [2.24, 2.45) is 21.8 Å². The molecular formula is C10H10N2O4. The first kappa shape index (κ1) is 12.2. The van der Waals surface area contributed by atoms with Crippen LogP contribution in [-0.4, -0.2) is 24.0 Å². The lowest BCUT2D eigenvalue weighted by atomic mass is 9.78. The van der Waals surface area contributed by atoms with Crippen LogP contribution in [0, 0.1) is 11.8 Å². The highest BCUT2D eigenvalue weighted by Gasteiger charge is 2.35. The molecule has 1 aliphatic rings. The van der Waals surface area contributed by atoms with Crippen LogP contribution >= 0.6 is 0 Å². The lowest BCUT2D eigenvalue weighted by molar-refractivity contribution is -0.132. The van der Waals surface area contributed by atoms with Crippen molar-refractivity contribution in [3.05, 3.63) is 0 Å². The fourth-order valence-corrected chi connectivity index (χ4v) is 1.98. The largest absolute Gasteiger partial charge is 0.271 e. The van der Waals surface area contributed by atoms with Crippen LogP contribution in [0.15, 0.2) is 9.98 Å². The van der Waals surface area contributed by atoms with Gasteiger partial charge < -0.3 is 0 Å². The summed E-state index contributed by atoms with van der Waals surface area (Å²) < 4.78 is 0. The second-order valence-electron chi connectivity index (χ2n) is 3.58. The van der Waals surface area contributed by atoms with Crippen LogP contribution in [0.3, 0.4) is 0 Å². The maximum absolute atomic E-state index is 11.4. The van der Waals surface area contributed by atoms with Gasteiger partial charge in [0.15, 0.2) is 0 Å². The molecule has 2 atom stereocenters. The van der Waals surface area contributed by atoms with E-state index in [0.29, 0.717) is 12.8 Å². The van der Waals surface area contributed by atoms with Crippen molar-refractivity contribution in [1.29, 1.82) is 0 Å². The minimum absolute atomic E-state index is 0.481. The van der Waals surface area contributed by atoms with Gasteiger partial charge in [-0.15, -0.1) is 9.98 Å². The molecule has 0 radical (unpaired) electrons. The molecule has 6 nitrogen and oxygen atoms in total. The zero-order valence-corrected chi connectivity index (χ0v) is 8.51. The Morgan fingerprint density at radius 1 is 0.875 bits per heavy atom. The Kier molecular flexibility index (Phi) is 4.45. The third-order valence-electron chi connectivity index (χ3n) is 2.71. The Hall–Kier alpha value is -1.90. The normalized spacial score (nSPS) is 23.8. The predicted molar refractivity (Wildman–Crippen MR) is 51.7 cm³/mol. The third kappa shape index (κ3) is 2.79. The maximum Gasteiger partial charge on any atom is 0.260 e. The number of isocyanates is 2. The summed E-state index contributed by atoms with van der Waals surface area (Å²) in [6.45, 7) is 0. The van der Waals surface area contributed by atoms with Gasteiger partial charge in [0.25, 0.3) is 11.8 Å². The summed E-state index contributed by atoms with van der Waals surface area (Å²) in [7, 11) is 0. The quantitative estimate of drug-likeness (QED) is 0.502. The van der Waals surface area contributed by atoms with Gasteiger partial charge in [-0.1, -0.05) is 12.8 Å². The van der Waals surface area contributed by atoms with E-state index in [4.69, 9.17) is 0 Å². The first-order chi connectivity index (χ1) is 7.70. The zero-order valence-electron chi connectivity index (χ0n) is 8.51. The Morgan fingerprint density at radius 3 is 1.56 bits per heavy atom. The smallest absolute Gasteiger partial charge is 0.260 e. The molecule has 0 saturated heterocycles. The molecule has 0 spiro atoms. The van der Waals surface area contributed by atoms with Crippen LogP contribution in [0.1, 0.15) is 25.7 Å². The Labute approximate surface area is 91.5 Å². The van der Waals surface area contributed by atoms with E-state index in [2.05, 4.69) is 9.98 Å². The van der Waals surface area contributed by atoms with Crippen LogP contribution in [0.4, 0.5) is 0 Å². The van der Waals surface area contributed by atoms with Crippen molar-refractivity contribution < 1.29 is 19.2 Å². The molecule has 2 unspecified atom stereocenters. The molecule has 0 aromatic rings. The standard InChI is InChI=1S/C10H10N2O4/c13-5-11-9(15)7-3-1-2-4-8(7)10(16)12-6-14/h7-8H,1-4H2. The number of amides is 2. The molecular weight excluding hydrogens is 212 g/mol. The second-order valence-corrected chi connectivity index (χ2v) is 3.58. The van der Waals surface area contributed by atoms with Gasteiger partial charge in [0, 0.05) is 0 Å². The molecule has 0 aromatic carbocycles. The lowest BCUT2D eigenvalue weighted by Gasteiger charge is -2.25. The van der Waals surface area contributed by atoms with E-state index in [0.717, 1.165) is 25.0 Å². The van der Waals surface area contributed by atoms with Crippen molar-refractivity contribution in [2.75, 3.05) is 0 Å². The average molecular weight is 222 g/mol. The van der Waals surface area contributed by atoms with E-state index in [9.17, 15) is 19.2 Å². The predicted octanol–water partition coefficient (Wildman–Crippen LogP) is 0.518. The molecule has 0 N–H and O–H groups in total. The van der Waals surface area contributed by atoms with Crippen LogP contribution in [0.2, 0.25) is 0 Å². The van der Waals surface area contributed by atoms with Crippen LogP contribution < -0.4 is 0 Å². The molecule has 2 amide bonds. The van der Waals surface area contributed by atoms with Crippen molar-refractivity contribution in [3.63, 3.8) is 0 Å². The molecule has 0 heterocycles. The van der Waals surface area contributed by atoms with Gasteiger partial charge in [-0.2, -0.15) is 0 Å². The van der Waals surface area contributed by atoms with Gasteiger partial charge in [-0.05, 0) is 12.8 Å². The van der Waals surface area contributed by atoms with E-state index in [1.807, 2.05) is 0 Å². The lowest BCUT2D eigenvalue weighted by Crippen LogP contribution is -2.31. The van der Waals surface area contributed by atoms with Gasteiger partial charge in [-0.25, -0.2) is 9.59 Å². The minimum Gasteiger partial charge on any atom is -0.271 e. The topological polar surface area (TPSA) is 93.0 Å². The number of carbonyl (C=O) groups excluding carboxylic acids is 4. The molecule has 0 bridgehead atoms. The van der Waals surface area contributed by atoms with Gasteiger partial charge in [0.2, 0.25) is 12.2 Å². The van der Waals surface area contributed by atoms with Crippen molar-refractivity contribution in [1.82, 2.24) is 0 Å². The number of hydrogen-bond donors (Lipinski definition) is 0. The summed E-state index contributed by atoms with van der Waals surface area (Å²) in [6.07, 6.45) is 4.87. The van der Waals surface area contributed by atoms with E-state index in [1.165, 1.54) is 0 Å². The van der Waals surface area contributed by atoms with Crippen molar-refractivity contribution in [2.45, 2.75) is 25.7 Å². The number of aliphatic imine (C=N–C) groups is 2. The molecule has 16 heavy (non-hydrogen) atoms. The maximum atomic E-state index is 11.4. The monoisotopic (exact) mass is 222 g/mol. The molecule has 1 saturated carbocycles. The molecule has 0 aliphatic heterocycles. The number of carbonyl (C=O) groups is 2. The zero-order chi connectivity index (χ0) is 12.0. The number of nitrogens with zero attached hydrogens (tertiary/aromatic N) is 2. The highest BCUT2D eigenvalue weighted by molar-refractivity contribution is 5.91. The van der Waals surface area contributed by atoms with E-state index >= 15 is 0 Å². The third-order valence-corrected chi connectivity index (χ3v) is 2.71. The summed E-state index contributed by atoms with van der Waals surface area (Å²) in [5, 5.41) is 0. The second kappa shape index (κ2) is 5.85. The summed E-state index contributed by atoms with van der Waals surface area (Å²) in [6, 6.07) is 0. The Balaban J connectivity index is 2.86. The van der Waals surface area contributed by atoms with Gasteiger partial charge >= 0.3 is 0 Å². The van der Waals surface area contributed by atoms with E-state index in [1.54, 1.807) is 0 Å². The fraction of sp³-hybridized carbons (Fsp3) is 0.600. The Morgan fingerprint density at radius 2 is 1.25 bits per heavy atom. The van der Waals surface area contributed by atoms with Gasteiger partial charge in [-0.3, -0.25) is 9.59 Å². The van der Waals surface area contributed by atoms with Crippen LogP contribution in [0.25, 0.3) is 0 Å². The summed E-state index contributed by atoms with van der Waals surface area (Å²) in [5.74, 6) is -2.62. The fourth-order valence-electron chi connectivity index (χ4n) is 1.98. The molecule has 84 valence electrons. The molecule has 0 aromatic heterocycles. The van der Waals surface area contributed by atoms with Crippen molar-refractivity contribution in [3.8, 4) is 0 Å². The number of rotatable bonds is 2. The molecule has 1 fully saturated rings. The highest BCUT2D eigenvalue weighted by Crippen LogP contribution is 2.31. The molecule has 1 aliphatic carbocycles. The highest BCUT2D eigenvalue weighted by atomic mass is 16.2. The number of hydrogen-bond acceptors (Lipinski definition) is 4. The van der Waals surface area contributed by atoms with Crippen LogP contribution in [0.5, 0.6) is 0 Å². The van der Waals surface area contributed by atoms with Crippen LogP contribution in [-0.2, 0) is 19.2 Å². The van der Waals surface area contributed by atoms with E-state index in [-0.39, 0.29) is 0 Å².